The number of carbonyl (C=O) groups is 2. The molecule has 7 heteroatoms. The highest BCUT2D eigenvalue weighted by Crippen LogP contribution is 2.54. The van der Waals surface area contributed by atoms with Crippen molar-refractivity contribution in [2.45, 2.75) is 84.0 Å². The molecule has 1 aromatic heterocycles. The number of hydrogen-bond donors (Lipinski definition) is 2. The molecule has 6 nitrogen and oxygen atoms in total. The SMILES string of the molecule is COc1ccc(C(C)(C)C)cc1CN[C@H]1[C@H](C(C)(C)C)[C@@H](C(=O)O)N(C(=O)C2CC2c2cccs2)[C@H]1c1ccccc1. The second kappa shape index (κ2) is 11.5. The zero-order chi connectivity index (χ0) is 30.4. The van der Waals surface area contributed by atoms with Crippen molar-refractivity contribution >= 4 is 23.2 Å². The fourth-order valence-electron chi connectivity index (χ4n) is 6.81. The lowest BCUT2D eigenvalue weighted by Crippen LogP contribution is -2.48. The van der Waals surface area contributed by atoms with Gasteiger partial charge in [-0.05, 0) is 45.9 Å². The van der Waals surface area contributed by atoms with Gasteiger partial charge in [0.2, 0.25) is 5.91 Å². The highest BCUT2D eigenvalue weighted by atomic mass is 32.1. The molecule has 2 fully saturated rings. The molecular weight excluding hydrogens is 544 g/mol. The Labute approximate surface area is 254 Å². The van der Waals surface area contributed by atoms with E-state index in [0.29, 0.717) is 6.54 Å². The maximum absolute atomic E-state index is 14.4. The van der Waals surface area contributed by atoms with E-state index in [0.717, 1.165) is 23.3 Å². The molecule has 2 N–H and O–H groups in total. The standard InChI is InChI=1S/C35H44N2O4S/c1-34(2,3)23-15-16-26(41-7)22(18-23)20-36-29-28(35(4,5)6)31(33(39)40)37(30(29)21-12-9-8-10-13-21)32(38)25-19-24(25)27-14-11-17-42-27/h8-18,24-25,28-31,36H,19-20H2,1-7H3,(H,39,40)/t24?,25?,28-,29-,30-,31-/m0/s1. The molecule has 0 radical (unpaired) electrons. The first-order chi connectivity index (χ1) is 19.8. The van der Waals surface area contributed by atoms with Crippen LogP contribution in [0.5, 0.6) is 5.75 Å². The van der Waals surface area contributed by atoms with Gasteiger partial charge in [-0.3, -0.25) is 4.79 Å². The largest absolute Gasteiger partial charge is 0.496 e. The number of benzene rings is 2. The average molecular weight is 589 g/mol. The summed E-state index contributed by atoms with van der Waals surface area (Å²) in [4.78, 5) is 30.4. The number of carboxylic acids is 1. The molecule has 1 amide bonds. The number of carbonyl (C=O) groups excluding carboxylic acids is 1. The van der Waals surface area contributed by atoms with Crippen LogP contribution >= 0.6 is 11.3 Å². The highest BCUT2D eigenvalue weighted by molar-refractivity contribution is 7.10. The van der Waals surface area contributed by atoms with Gasteiger partial charge in [0.05, 0.1) is 13.2 Å². The summed E-state index contributed by atoms with van der Waals surface area (Å²) in [5.41, 5.74) is 2.74. The molecule has 1 aliphatic heterocycles. The van der Waals surface area contributed by atoms with Crippen molar-refractivity contribution in [1.29, 1.82) is 0 Å². The smallest absolute Gasteiger partial charge is 0.326 e. The Balaban J connectivity index is 1.57. The van der Waals surface area contributed by atoms with Gasteiger partial charge in [0.25, 0.3) is 0 Å². The maximum atomic E-state index is 14.4. The third-order valence-corrected chi connectivity index (χ3v) is 10.0. The van der Waals surface area contributed by atoms with Gasteiger partial charge in [0.1, 0.15) is 11.8 Å². The van der Waals surface area contributed by atoms with Gasteiger partial charge < -0.3 is 20.1 Å². The van der Waals surface area contributed by atoms with E-state index < -0.39 is 23.5 Å². The second-order valence-corrected chi connectivity index (χ2v) is 14.9. The van der Waals surface area contributed by atoms with Gasteiger partial charge >= 0.3 is 5.97 Å². The monoisotopic (exact) mass is 588 g/mol. The number of rotatable bonds is 8. The first-order valence-electron chi connectivity index (χ1n) is 14.9. The Hall–Kier alpha value is -3.16. The topological polar surface area (TPSA) is 78.9 Å². The second-order valence-electron chi connectivity index (χ2n) is 13.9. The Morgan fingerprint density at radius 1 is 1.02 bits per heavy atom. The predicted molar refractivity (Wildman–Crippen MR) is 168 cm³/mol. The Morgan fingerprint density at radius 2 is 1.74 bits per heavy atom. The number of nitrogens with zero attached hydrogens (tertiary/aromatic N) is 1. The van der Waals surface area contributed by atoms with E-state index in [1.807, 2.05) is 47.8 Å². The molecule has 1 saturated carbocycles. The van der Waals surface area contributed by atoms with Crippen LogP contribution in [-0.2, 0) is 21.5 Å². The Morgan fingerprint density at radius 3 is 2.31 bits per heavy atom. The summed E-state index contributed by atoms with van der Waals surface area (Å²) >= 11 is 1.67. The first-order valence-corrected chi connectivity index (χ1v) is 15.7. The minimum atomic E-state index is -0.951. The van der Waals surface area contributed by atoms with Crippen molar-refractivity contribution in [3.8, 4) is 5.75 Å². The third kappa shape index (κ3) is 5.86. The zero-order valence-electron chi connectivity index (χ0n) is 25.8. The third-order valence-electron chi connectivity index (χ3n) is 9.01. The van der Waals surface area contributed by atoms with Crippen molar-refractivity contribution in [1.82, 2.24) is 10.2 Å². The van der Waals surface area contributed by atoms with E-state index in [2.05, 4.69) is 65.1 Å². The molecule has 2 heterocycles. The number of nitrogens with one attached hydrogen (secondary N) is 1. The van der Waals surface area contributed by atoms with Gasteiger partial charge in [-0.15, -0.1) is 11.3 Å². The maximum Gasteiger partial charge on any atom is 0.326 e. The fourth-order valence-corrected chi connectivity index (χ4v) is 7.72. The highest BCUT2D eigenvalue weighted by Gasteiger charge is 2.60. The van der Waals surface area contributed by atoms with Gasteiger partial charge in [0, 0.05) is 40.8 Å². The summed E-state index contributed by atoms with van der Waals surface area (Å²) < 4.78 is 5.74. The minimum absolute atomic E-state index is 0.0319. The lowest BCUT2D eigenvalue weighted by molar-refractivity contribution is -0.152. The fraction of sp³-hybridized carbons (Fsp3) is 0.486. The number of amides is 1. The van der Waals surface area contributed by atoms with Crippen LogP contribution < -0.4 is 10.1 Å². The summed E-state index contributed by atoms with van der Waals surface area (Å²) in [5.74, 6) is -0.585. The van der Waals surface area contributed by atoms with E-state index in [-0.39, 0.29) is 35.1 Å². The summed E-state index contributed by atoms with van der Waals surface area (Å²) in [6.45, 7) is 13.3. The molecule has 5 rings (SSSR count). The predicted octanol–water partition coefficient (Wildman–Crippen LogP) is 7.02. The number of likely N-dealkylation sites (tertiary alicyclic amines) is 1. The number of methoxy groups -OCH3 is 1. The number of thiophene rings is 1. The molecular formula is C35H44N2O4S. The van der Waals surface area contributed by atoms with Gasteiger partial charge in [-0.1, -0.05) is 90.1 Å². The molecule has 42 heavy (non-hydrogen) atoms. The molecule has 224 valence electrons. The van der Waals surface area contributed by atoms with Crippen molar-refractivity contribution in [3.05, 3.63) is 87.6 Å². The Kier molecular flexibility index (Phi) is 8.29. The van der Waals surface area contributed by atoms with E-state index in [1.54, 1.807) is 23.3 Å². The van der Waals surface area contributed by atoms with Gasteiger partial charge in [0.15, 0.2) is 0 Å². The van der Waals surface area contributed by atoms with E-state index in [1.165, 1.54) is 10.4 Å². The summed E-state index contributed by atoms with van der Waals surface area (Å²) in [5, 5.41) is 16.6. The number of hydrogen-bond acceptors (Lipinski definition) is 5. The Bertz CT molecular complexity index is 1410. The summed E-state index contributed by atoms with van der Waals surface area (Å²) in [7, 11) is 1.68. The number of ether oxygens (including phenoxy) is 1. The molecule has 2 aromatic carbocycles. The molecule has 1 aliphatic carbocycles. The van der Waals surface area contributed by atoms with Crippen LogP contribution in [0.4, 0.5) is 0 Å². The lowest BCUT2D eigenvalue weighted by Gasteiger charge is -2.35. The van der Waals surface area contributed by atoms with Crippen molar-refractivity contribution in [2.75, 3.05) is 7.11 Å². The van der Waals surface area contributed by atoms with Gasteiger partial charge in [-0.2, -0.15) is 0 Å². The van der Waals surface area contributed by atoms with Crippen LogP contribution in [0.1, 0.15) is 81.5 Å². The molecule has 3 aromatic rings. The van der Waals surface area contributed by atoms with Crippen LogP contribution in [-0.4, -0.2) is 41.1 Å². The van der Waals surface area contributed by atoms with Crippen molar-refractivity contribution in [2.24, 2.45) is 17.3 Å². The van der Waals surface area contributed by atoms with E-state index in [9.17, 15) is 14.7 Å². The molecule has 2 unspecified atom stereocenters. The van der Waals surface area contributed by atoms with Crippen LogP contribution in [0.2, 0.25) is 0 Å². The molecule has 0 spiro atoms. The lowest BCUT2D eigenvalue weighted by atomic mass is 9.72. The van der Waals surface area contributed by atoms with Crippen molar-refractivity contribution < 1.29 is 19.4 Å². The van der Waals surface area contributed by atoms with Crippen LogP contribution in [0.15, 0.2) is 66.0 Å². The number of aliphatic carboxylic acids is 1. The van der Waals surface area contributed by atoms with E-state index in [4.69, 9.17) is 4.74 Å². The molecule has 1 saturated heterocycles. The van der Waals surface area contributed by atoms with Crippen LogP contribution in [0, 0.1) is 17.3 Å². The first kappa shape index (κ1) is 30.3. The van der Waals surface area contributed by atoms with Crippen molar-refractivity contribution in [3.63, 3.8) is 0 Å². The summed E-state index contributed by atoms with van der Waals surface area (Å²) in [6, 6.07) is 18.7. The zero-order valence-corrected chi connectivity index (χ0v) is 26.6. The average Bonchev–Trinajstić information content (AvgIpc) is 3.37. The molecule has 0 bridgehead atoms. The van der Waals surface area contributed by atoms with Crippen LogP contribution in [0.3, 0.4) is 0 Å². The summed E-state index contributed by atoms with van der Waals surface area (Å²) in [6.07, 6.45) is 0.763. The number of carboxylic acid groups (broad SMARTS) is 1. The van der Waals surface area contributed by atoms with Gasteiger partial charge in [-0.25, -0.2) is 4.79 Å². The molecule has 6 atom stereocenters. The minimum Gasteiger partial charge on any atom is -0.496 e. The van der Waals surface area contributed by atoms with Crippen LogP contribution in [0.25, 0.3) is 0 Å². The van der Waals surface area contributed by atoms with E-state index >= 15 is 0 Å². The normalized spacial score (nSPS) is 25.8. The molecule has 2 aliphatic rings. The quantitative estimate of drug-likeness (QED) is 0.296.